The third-order valence-corrected chi connectivity index (χ3v) is 3.09. The fourth-order valence-electron chi connectivity index (χ4n) is 1.96. The summed E-state index contributed by atoms with van der Waals surface area (Å²) in [6.45, 7) is 3.89. The Morgan fingerprint density at radius 3 is 2.68 bits per heavy atom. The van der Waals surface area contributed by atoms with Crippen LogP contribution < -0.4 is 11.2 Å². The number of fused-ring (bicyclic) bond motifs is 1. The molecular formula is C13H15NO5. The highest BCUT2D eigenvalue weighted by Crippen LogP contribution is 2.23. The number of aryl methyl sites for hydroxylation is 1. The van der Waals surface area contributed by atoms with Gasteiger partial charge in [-0.3, -0.25) is 4.79 Å². The molecule has 2 aromatic heterocycles. The van der Waals surface area contributed by atoms with E-state index in [1.807, 2.05) is 0 Å². The summed E-state index contributed by atoms with van der Waals surface area (Å²) in [5.41, 5.74) is -0.258. The van der Waals surface area contributed by atoms with Gasteiger partial charge in [0.05, 0.1) is 12.2 Å². The first-order chi connectivity index (χ1) is 8.97. The highest BCUT2D eigenvalue weighted by Gasteiger charge is 2.16. The lowest BCUT2D eigenvalue weighted by molar-refractivity contribution is 0.185. The molecule has 6 heteroatoms. The zero-order chi connectivity index (χ0) is 14.2. The van der Waals surface area contributed by atoms with Crippen LogP contribution in [0, 0.1) is 13.8 Å². The lowest BCUT2D eigenvalue weighted by Crippen LogP contribution is -2.25. The van der Waals surface area contributed by atoms with Gasteiger partial charge in [0.25, 0.3) is 5.56 Å². The Morgan fingerprint density at radius 2 is 2.05 bits per heavy atom. The van der Waals surface area contributed by atoms with E-state index in [9.17, 15) is 14.7 Å². The highest BCUT2D eigenvalue weighted by atomic mass is 16.5. The number of ether oxygens (including phenoxy) is 1. The van der Waals surface area contributed by atoms with Gasteiger partial charge in [0, 0.05) is 25.4 Å². The van der Waals surface area contributed by atoms with Crippen LogP contribution in [0.4, 0.5) is 0 Å². The molecule has 0 unspecified atom stereocenters. The van der Waals surface area contributed by atoms with E-state index in [4.69, 9.17) is 9.15 Å². The maximum Gasteiger partial charge on any atom is 0.342 e. The Bertz CT molecular complexity index is 741. The normalized spacial score (nSPS) is 11.1. The predicted octanol–water partition coefficient (Wildman–Crippen LogP) is 0.924. The quantitative estimate of drug-likeness (QED) is 0.892. The molecule has 102 valence electrons. The second-order valence-electron chi connectivity index (χ2n) is 4.34. The number of methoxy groups -OCH3 is 1. The average Bonchev–Trinajstić information content (AvgIpc) is 2.35. The van der Waals surface area contributed by atoms with E-state index in [1.54, 1.807) is 20.1 Å². The molecule has 0 spiro atoms. The molecule has 0 fully saturated rings. The molecule has 2 heterocycles. The lowest BCUT2D eigenvalue weighted by Gasteiger charge is -2.11. The Kier molecular flexibility index (Phi) is 3.44. The maximum absolute atomic E-state index is 12.3. The molecule has 0 bridgehead atoms. The van der Waals surface area contributed by atoms with Crippen LogP contribution in [0.5, 0.6) is 5.75 Å². The van der Waals surface area contributed by atoms with Crippen LogP contribution in [0.3, 0.4) is 0 Å². The first-order valence-corrected chi connectivity index (χ1v) is 5.83. The minimum atomic E-state index is -0.640. The number of hydrogen-bond acceptors (Lipinski definition) is 5. The summed E-state index contributed by atoms with van der Waals surface area (Å²) in [5, 5.41) is 9.98. The fourth-order valence-corrected chi connectivity index (χ4v) is 1.96. The molecule has 2 aromatic rings. The lowest BCUT2D eigenvalue weighted by atomic mass is 10.2. The Balaban J connectivity index is 2.83. The topological polar surface area (TPSA) is 81.7 Å². The van der Waals surface area contributed by atoms with E-state index in [0.29, 0.717) is 18.8 Å². The molecule has 0 atom stereocenters. The van der Waals surface area contributed by atoms with Crippen molar-refractivity contribution in [3.8, 4) is 5.75 Å². The first-order valence-electron chi connectivity index (χ1n) is 5.83. The first kappa shape index (κ1) is 13.4. The van der Waals surface area contributed by atoms with Gasteiger partial charge in [-0.1, -0.05) is 0 Å². The van der Waals surface area contributed by atoms with E-state index in [2.05, 4.69) is 0 Å². The number of hydrogen-bond donors (Lipinski definition) is 1. The zero-order valence-electron chi connectivity index (χ0n) is 11.0. The molecule has 2 rings (SSSR count). The third-order valence-electron chi connectivity index (χ3n) is 3.09. The van der Waals surface area contributed by atoms with Crippen LogP contribution in [0.25, 0.3) is 11.0 Å². The van der Waals surface area contributed by atoms with Crippen molar-refractivity contribution in [3.63, 3.8) is 0 Å². The molecule has 0 aromatic carbocycles. The van der Waals surface area contributed by atoms with E-state index < -0.39 is 11.2 Å². The van der Waals surface area contributed by atoms with Crippen LogP contribution in [-0.4, -0.2) is 23.4 Å². The summed E-state index contributed by atoms with van der Waals surface area (Å²) in [5.74, 6) is -0.317. The zero-order valence-corrected chi connectivity index (χ0v) is 11.0. The number of rotatable bonds is 3. The molecule has 0 aliphatic carbocycles. The van der Waals surface area contributed by atoms with Crippen molar-refractivity contribution in [3.05, 3.63) is 38.1 Å². The van der Waals surface area contributed by atoms with Crippen molar-refractivity contribution in [1.29, 1.82) is 0 Å². The van der Waals surface area contributed by atoms with Crippen LogP contribution in [-0.2, 0) is 11.3 Å². The average molecular weight is 265 g/mol. The van der Waals surface area contributed by atoms with Crippen molar-refractivity contribution in [2.45, 2.75) is 20.4 Å². The summed E-state index contributed by atoms with van der Waals surface area (Å²) in [6, 6.07) is 1.56. The monoisotopic (exact) mass is 265 g/mol. The van der Waals surface area contributed by atoms with Crippen molar-refractivity contribution >= 4 is 11.0 Å². The molecule has 6 nitrogen and oxygen atoms in total. The maximum atomic E-state index is 12.3. The van der Waals surface area contributed by atoms with Gasteiger partial charge in [-0.15, -0.1) is 0 Å². The molecule has 0 amide bonds. The summed E-state index contributed by atoms with van der Waals surface area (Å²) in [6.07, 6.45) is 0. The van der Waals surface area contributed by atoms with Crippen molar-refractivity contribution in [2.24, 2.45) is 0 Å². The van der Waals surface area contributed by atoms with Crippen LogP contribution >= 0.6 is 0 Å². The largest absolute Gasteiger partial charge is 0.506 e. The van der Waals surface area contributed by atoms with E-state index in [1.165, 1.54) is 11.5 Å². The highest BCUT2D eigenvalue weighted by molar-refractivity contribution is 5.83. The SMILES string of the molecule is COCCn1c(C)cc2oc(=O)c(C)c(O)c2c1=O. The summed E-state index contributed by atoms with van der Waals surface area (Å²) < 4.78 is 11.5. The third kappa shape index (κ3) is 2.15. The minimum absolute atomic E-state index is 0.0267. The number of aromatic hydroxyl groups is 1. The van der Waals surface area contributed by atoms with Crippen LogP contribution in [0.15, 0.2) is 20.1 Å². The predicted molar refractivity (Wildman–Crippen MR) is 69.8 cm³/mol. The molecule has 0 saturated heterocycles. The molecule has 0 saturated carbocycles. The number of nitrogens with zero attached hydrogens (tertiary/aromatic N) is 1. The summed E-state index contributed by atoms with van der Waals surface area (Å²) in [7, 11) is 1.54. The van der Waals surface area contributed by atoms with Crippen molar-refractivity contribution in [1.82, 2.24) is 4.57 Å². The summed E-state index contributed by atoms with van der Waals surface area (Å²) >= 11 is 0. The molecule has 1 N–H and O–H groups in total. The molecular weight excluding hydrogens is 250 g/mol. The number of aromatic nitrogens is 1. The van der Waals surface area contributed by atoms with E-state index in [-0.39, 0.29) is 22.3 Å². The summed E-state index contributed by atoms with van der Waals surface area (Å²) in [4.78, 5) is 23.8. The number of pyridine rings is 1. The van der Waals surface area contributed by atoms with E-state index >= 15 is 0 Å². The fraction of sp³-hybridized carbons (Fsp3) is 0.385. The van der Waals surface area contributed by atoms with Gasteiger partial charge >= 0.3 is 5.63 Å². The van der Waals surface area contributed by atoms with Gasteiger partial charge in [-0.05, 0) is 13.8 Å². The van der Waals surface area contributed by atoms with Crippen molar-refractivity contribution < 1.29 is 14.3 Å². The molecule has 0 radical (unpaired) electrons. The standard InChI is InChI=1S/C13H15NO5/c1-7-6-9-10(11(15)8(2)13(17)19-9)12(16)14(7)4-5-18-3/h6,15H,4-5H2,1-3H3. The molecule has 19 heavy (non-hydrogen) atoms. The van der Waals surface area contributed by atoms with Gasteiger partial charge in [0.1, 0.15) is 16.7 Å². The Hall–Kier alpha value is -2.08. The molecule has 0 aliphatic heterocycles. The van der Waals surface area contributed by atoms with E-state index in [0.717, 1.165) is 0 Å². The van der Waals surface area contributed by atoms with Gasteiger partial charge in [-0.25, -0.2) is 4.79 Å². The van der Waals surface area contributed by atoms with Crippen LogP contribution in [0.2, 0.25) is 0 Å². The van der Waals surface area contributed by atoms with Gasteiger partial charge < -0.3 is 18.8 Å². The Labute approximate surface area is 108 Å². The minimum Gasteiger partial charge on any atom is -0.506 e. The Morgan fingerprint density at radius 1 is 1.37 bits per heavy atom. The van der Waals surface area contributed by atoms with Gasteiger partial charge in [0.15, 0.2) is 0 Å². The van der Waals surface area contributed by atoms with Crippen molar-refractivity contribution in [2.75, 3.05) is 13.7 Å². The van der Waals surface area contributed by atoms with Gasteiger partial charge in [0.2, 0.25) is 0 Å². The smallest absolute Gasteiger partial charge is 0.342 e. The molecule has 0 aliphatic rings. The van der Waals surface area contributed by atoms with Gasteiger partial charge in [-0.2, -0.15) is 0 Å². The second kappa shape index (κ2) is 4.89. The second-order valence-corrected chi connectivity index (χ2v) is 4.34. The van der Waals surface area contributed by atoms with Crippen LogP contribution in [0.1, 0.15) is 11.3 Å².